The summed E-state index contributed by atoms with van der Waals surface area (Å²) in [5, 5.41) is 9.61. The molecule has 47 heavy (non-hydrogen) atoms. The number of Topliss-reactive ketones (excluding diaryl/α,β-unsaturated/α-hetero) is 1. The van der Waals surface area contributed by atoms with Gasteiger partial charge in [-0.2, -0.15) is 18.2 Å². The maximum absolute atomic E-state index is 13.9. The molecule has 2 saturated heterocycles. The first-order chi connectivity index (χ1) is 22.6. The molecule has 0 bridgehead atoms. The molecule has 2 aliphatic heterocycles. The van der Waals surface area contributed by atoms with E-state index >= 15 is 0 Å². The van der Waals surface area contributed by atoms with E-state index in [1.54, 1.807) is 29.2 Å². The van der Waals surface area contributed by atoms with Crippen molar-refractivity contribution in [2.24, 2.45) is 5.92 Å². The largest absolute Gasteiger partial charge is 0.508 e. The Morgan fingerprint density at radius 1 is 0.957 bits per heavy atom. The van der Waals surface area contributed by atoms with Crippen LogP contribution in [-0.4, -0.2) is 53.6 Å². The van der Waals surface area contributed by atoms with Gasteiger partial charge >= 0.3 is 6.18 Å². The Bertz CT molecular complexity index is 1670. The number of halogens is 3. The fourth-order valence-corrected chi connectivity index (χ4v) is 6.24. The summed E-state index contributed by atoms with van der Waals surface area (Å²) in [6, 6.07) is 20.6. The van der Waals surface area contributed by atoms with Crippen LogP contribution in [0.15, 0.2) is 83.9 Å². The second-order valence-corrected chi connectivity index (χ2v) is 12.2. The quantitative estimate of drug-likeness (QED) is 0.138. The van der Waals surface area contributed by atoms with Crippen molar-refractivity contribution in [3.63, 3.8) is 0 Å². The number of hydrogen-bond donors (Lipinski definition) is 1. The summed E-state index contributed by atoms with van der Waals surface area (Å²) in [6.45, 7) is 6.60. The second-order valence-electron chi connectivity index (χ2n) is 12.2. The molecule has 0 saturated carbocycles. The number of aliphatic hydroxyl groups is 1. The number of ether oxygens (including phenoxy) is 1. The maximum atomic E-state index is 13.9. The smallest absolute Gasteiger partial charge is 0.437 e. The molecule has 11 heteroatoms. The molecule has 0 atom stereocenters. The van der Waals surface area contributed by atoms with Gasteiger partial charge < -0.3 is 24.1 Å². The minimum atomic E-state index is -4.83. The van der Waals surface area contributed by atoms with Gasteiger partial charge in [0.2, 0.25) is 11.5 Å². The minimum Gasteiger partial charge on any atom is -0.508 e. The van der Waals surface area contributed by atoms with E-state index in [1.807, 2.05) is 30.3 Å². The summed E-state index contributed by atoms with van der Waals surface area (Å²) < 4.78 is 53.3. The number of oxazole rings is 1. The van der Waals surface area contributed by atoms with Crippen LogP contribution in [0.4, 0.5) is 25.0 Å². The zero-order chi connectivity index (χ0) is 33.0. The summed E-state index contributed by atoms with van der Waals surface area (Å²) >= 11 is 0. The predicted octanol–water partition coefficient (Wildman–Crippen LogP) is 7.72. The van der Waals surface area contributed by atoms with Gasteiger partial charge in [-0.25, -0.2) is 4.98 Å². The van der Waals surface area contributed by atoms with Gasteiger partial charge in [0.1, 0.15) is 17.3 Å². The average Bonchev–Trinajstić information content (AvgIpc) is 3.56. The number of piperidine rings is 2. The predicted molar refractivity (Wildman–Crippen MR) is 173 cm³/mol. The van der Waals surface area contributed by atoms with Gasteiger partial charge in [0, 0.05) is 44.4 Å². The lowest BCUT2D eigenvalue weighted by atomic mass is 9.90. The first-order valence-electron chi connectivity index (χ1n) is 15.9. The summed E-state index contributed by atoms with van der Waals surface area (Å²) in [5.41, 5.74) is 1.03. The molecule has 2 aromatic heterocycles. The lowest BCUT2D eigenvalue weighted by Gasteiger charge is -2.32. The molecule has 6 rings (SSSR count). The van der Waals surface area contributed by atoms with Gasteiger partial charge in [-0.3, -0.25) is 4.79 Å². The van der Waals surface area contributed by atoms with E-state index in [-0.39, 0.29) is 18.2 Å². The van der Waals surface area contributed by atoms with E-state index in [2.05, 4.69) is 33.6 Å². The average molecular weight is 647 g/mol. The molecule has 4 heterocycles. The molecule has 1 N–H and O–H groups in total. The van der Waals surface area contributed by atoms with Crippen LogP contribution < -0.4 is 14.5 Å². The number of rotatable bonds is 10. The molecular weight excluding hydrogens is 609 g/mol. The van der Waals surface area contributed by atoms with E-state index in [0.717, 1.165) is 44.6 Å². The SMILES string of the molecule is C=C(O)c1cccc(OCC2CCN(c3ccc(CC(=O)c4oc(N5CCC(c6ccccc6)CC5)nc4C(F)(F)F)cn3)CC2)c1. The number of carbonyl (C=O) groups excluding carboxylic acids is 1. The Labute approximate surface area is 271 Å². The summed E-state index contributed by atoms with van der Waals surface area (Å²) in [4.78, 5) is 25.2. The number of alkyl halides is 3. The number of benzene rings is 2. The number of anilines is 2. The van der Waals surface area contributed by atoms with Crippen LogP contribution >= 0.6 is 0 Å². The molecule has 0 aliphatic carbocycles. The summed E-state index contributed by atoms with van der Waals surface area (Å²) in [5.74, 6) is 0.526. The van der Waals surface area contributed by atoms with Crippen molar-refractivity contribution in [2.75, 3.05) is 42.6 Å². The van der Waals surface area contributed by atoms with Crippen molar-refractivity contribution in [3.8, 4) is 5.75 Å². The third-order valence-corrected chi connectivity index (χ3v) is 8.94. The lowest BCUT2D eigenvalue weighted by Crippen LogP contribution is -2.36. The fraction of sp³-hybridized carbons (Fsp3) is 0.361. The first kappa shape index (κ1) is 32.2. The minimum absolute atomic E-state index is 0.00435. The maximum Gasteiger partial charge on any atom is 0.437 e. The molecule has 246 valence electrons. The highest BCUT2D eigenvalue weighted by Gasteiger charge is 2.42. The van der Waals surface area contributed by atoms with Crippen molar-refractivity contribution in [3.05, 3.63) is 108 Å². The molecule has 8 nitrogen and oxygen atoms in total. The summed E-state index contributed by atoms with van der Waals surface area (Å²) in [6.07, 6.45) is -0.297. The Morgan fingerprint density at radius 2 is 1.68 bits per heavy atom. The van der Waals surface area contributed by atoms with E-state index in [1.165, 1.54) is 11.8 Å². The van der Waals surface area contributed by atoms with Gasteiger partial charge in [-0.15, -0.1) is 0 Å². The molecule has 0 unspecified atom stereocenters. The molecule has 4 aromatic rings. The Kier molecular flexibility index (Phi) is 9.51. The van der Waals surface area contributed by atoms with Gasteiger partial charge in [-0.1, -0.05) is 55.1 Å². The standard InChI is InChI=1S/C36H37F3N4O4/c1-24(44)29-8-5-9-30(21-29)46-23-25-12-16-42(17-13-25)32-11-10-26(22-40-32)20-31(45)33-34(36(37,38)39)41-35(47-33)43-18-14-28(15-19-43)27-6-3-2-4-7-27/h2-11,21-22,25,28,44H,1,12-20,23H2. The third kappa shape index (κ3) is 7.78. The van der Waals surface area contributed by atoms with Crippen LogP contribution in [0.3, 0.4) is 0 Å². The first-order valence-corrected chi connectivity index (χ1v) is 15.9. The van der Waals surface area contributed by atoms with Crippen molar-refractivity contribution in [1.82, 2.24) is 9.97 Å². The van der Waals surface area contributed by atoms with E-state index in [4.69, 9.17) is 9.15 Å². The van der Waals surface area contributed by atoms with Crippen molar-refractivity contribution in [2.45, 2.75) is 44.2 Å². The Balaban J connectivity index is 1.03. The fourth-order valence-electron chi connectivity index (χ4n) is 6.24. The monoisotopic (exact) mass is 646 g/mol. The molecule has 0 radical (unpaired) electrons. The highest BCUT2D eigenvalue weighted by Crippen LogP contribution is 2.37. The van der Waals surface area contributed by atoms with Crippen LogP contribution in [0.5, 0.6) is 5.75 Å². The number of aliphatic hydroxyl groups excluding tert-OH is 1. The molecule has 2 aromatic carbocycles. The Morgan fingerprint density at radius 3 is 2.34 bits per heavy atom. The van der Waals surface area contributed by atoms with Crippen molar-refractivity contribution >= 4 is 23.4 Å². The lowest BCUT2D eigenvalue weighted by molar-refractivity contribution is -0.141. The van der Waals surface area contributed by atoms with Crippen LogP contribution in [0, 0.1) is 5.92 Å². The molecule has 2 fully saturated rings. The molecule has 0 amide bonds. The topological polar surface area (TPSA) is 91.9 Å². The van der Waals surface area contributed by atoms with E-state index in [9.17, 15) is 23.1 Å². The number of hydrogen-bond acceptors (Lipinski definition) is 8. The van der Waals surface area contributed by atoms with Crippen LogP contribution in [0.25, 0.3) is 5.76 Å². The number of ketones is 1. The van der Waals surface area contributed by atoms with Crippen LogP contribution in [0.1, 0.15) is 64.5 Å². The zero-order valence-corrected chi connectivity index (χ0v) is 26.0. The summed E-state index contributed by atoms with van der Waals surface area (Å²) in [7, 11) is 0. The normalized spacial score (nSPS) is 16.3. The van der Waals surface area contributed by atoms with Crippen LogP contribution in [0.2, 0.25) is 0 Å². The molecule has 0 spiro atoms. The molecular formula is C36H37F3N4O4. The number of aromatic nitrogens is 2. The number of pyridine rings is 1. The van der Waals surface area contributed by atoms with Crippen LogP contribution in [-0.2, 0) is 12.6 Å². The second kappa shape index (κ2) is 13.9. The Hall–Kier alpha value is -4.80. The van der Waals surface area contributed by atoms with Crippen molar-refractivity contribution in [1.29, 1.82) is 0 Å². The van der Waals surface area contributed by atoms with Gasteiger partial charge in [0.25, 0.3) is 6.01 Å². The highest BCUT2D eigenvalue weighted by molar-refractivity contribution is 5.96. The molecule has 2 aliphatic rings. The van der Waals surface area contributed by atoms with E-state index < -0.39 is 23.4 Å². The van der Waals surface area contributed by atoms with Gasteiger partial charge in [-0.05, 0) is 66.8 Å². The van der Waals surface area contributed by atoms with Crippen molar-refractivity contribution < 1.29 is 32.2 Å². The highest BCUT2D eigenvalue weighted by atomic mass is 19.4. The number of carbonyl (C=O) groups is 1. The third-order valence-electron chi connectivity index (χ3n) is 8.94. The zero-order valence-electron chi connectivity index (χ0n) is 26.0. The number of nitrogens with zero attached hydrogens (tertiary/aromatic N) is 4. The van der Waals surface area contributed by atoms with E-state index in [0.29, 0.717) is 48.4 Å². The van der Waals surface area contributed by atoms with Gasteiger partial charge in [0.15, 0.2) is 5.69 Å². The van der Waals surface area contributed by atoms with Gasteiger partial charge in [0.05, 0.1) is 6.61 Å².